The molecule has 17 heteroatoms. The Kier molecular flexibility index (Phi) is 25.1. The van der Waals surface area contributed by atoms with Gasteiger partial charge in [-0.15, -0.1) is 0 Å². The van der Waals surface area contributed by atoms with Crippen molar-refractivity contribution in [2.75, 3.05) is 6.61 Å². The number of unbranched alkanes of at least 4 members (excludes halogenated alkanes) is 7. The average Bonchev–Trinajstić information content (AvgIpc) is 3.13. The van der Waals surface area contributed by atoms with Gasteiger partial charge in [-0.3, -0.25) is 28.8 Å². The van der Waals surface area contributed by atoms with E-state index in [1.54, 1.807) is 0 Å². The minimum atomic E-state index is -1.70. The second kappa shape index (κ2) is 27.8. The van der Waals surface area contributed by atoms with Crippen molar-refractivity contribution in [2.45, 2.75) is 200 Å². The Morgan fingerprint density at radius 2 is 1.22 bits per heavy atom. The first-order chi connectivity index (χ1) is 27.7. The summed E-state index contributed by atoms with van der Waals surface area (Å²) in [6.07, 6.45) is 5.41. The van der Waals surface area contributed by atoms with Crippen LogP contribution in [-0.4, -0.2) is 118 Å². The van der Waals surface area contributed by atoms with Crippen LogP contribution in [0.2, 0.25) is 0 Å². The van der Waals surface area contributed by atoms with Gasteiger partial charge < -0.3 is 52.0 Å². The van der Waals surface area contributed by atoms with Gasteiger partial charge in [-0.05, 0) is 57.3 Å². The zero-order valence-electron chi connectivity index (χ0n) is 36.9. The molecule has 0 bridgehead atoms. The van der Waals surface area contributed by atoms with E-state index in [2.05, 4.69) is 38.8 Å². The molecule has 1 aliphatic heterocycles. The molecule has 1 saturated heterocycles. The van der Waals surface area contributed by atoms with Crippen molar-refractivity contribution in [1.82, 2.24) is 31.9 Å². The Hall–Kier alpha value is -3.83. The zero-order chi connectivity index (χ0) is 44.8. The number of cyclic esters (lactones) is 1. The molecule has 0 aromatic rings. The van der Waals surface area contributed by atoms with Crippen molar-refractivity contribution in [2.24, 2.45) is 17.8 Å². The lowest BCUT2D eigenvalue weighted by Crippen LogP contribution is -2.64. The molecule has 6 amide bonds. The maximum absolute atomic E-state index is 13.9. The number of aliphatic hydroxyl groups is 3. The fourth-order valence-corrected chi connectivity index (χ4v) is 6.81. The first-order valence-corrected chi connectivity index (χ1v) is 21.7. The monoisotopic (exact) mass is 841 g/mol. The summed E-state index contributed by atoms with van der Waals surface area (Å²) in [7, 11) is 0. The van der Waals surface area contributed by atoms with Gasteiger partial charge in [0, 0.05) is 0 Å². The Balaban J connectivity index is 3.42. The molecule has 9 atom stereocenters. The third kappa shape index (κ3) is 20.8. The van der Waals surface area contributed by atoms with E-state index in [1.807, 2.05) is 41.5 Å². The number of nitrogens with one attached hydrogen (secondary N) is 6. The third-order valence-electron chi connectivity index (χ3n) is 10.0. The molecule has 59 heavy (non-hydrogen) atoms. The first kappa shape index (κ1) is 53.2. The van der Waals surface area contributed by atoms with Crippen LogP contribution >= 0.6 is 0 Å². The van der Waals surface area contributed by atoms with Gasteiger partial charge in [0.25, 0.3) is 0 Å². The molecule has 0 aliphatic carbocycles. The molecule has 9 unspecified atom stereocenters. The molecule has 0 radical (unpaired) electrons. The summed E-state index contributed by atoms with van der Waals surface area (Å²) in [4.78, 5) is 95.1. The molecular formula is C42H76N6O11. The Bertz CT molecular complexity index is 1340. The predicted molar refractivity (Wildman–Crippen MR) is 222 cm³/mol. The van der Waals surface area contributed by atoms with Crippen LogP contribution < -0.4 is 31.9 Å². The van der Waals surface area contributed by atoms with E-state index >= 15 is 0 Å². The van der Waals surface area contributed by atoms with E-state index < -0.39 is 103 Å². The fourth-order valence-electron chi connectivity index (χ4n) is 6.81. The van der Waals surface area contributed by atoms with Gasteiger partial charge in [-0.25, -0.2) is 4.79 Å². The van der Waals surface area contributed by atoms with Crippen LogP contribution in [0.15, 0.2) is 0 Å². The van der Waals surface area contributed by atoms with E-state index in [0.29, 0.717) is 6.42 Å². The topological polar surface area (TPSA) is 262 Å². The largest absolute Gasteiger partial charge is 0.458 e. The zero-order valence-corrected chi connectivity index (χ0v) is 36.9. The summed E-state index contributed by atoms with van der Waals surface area (Å²) in [5.41, 5.74) is 0. The standard InChI is InChI=1S/C42H76N6O11/c1-10-11-12-13-14-15-16-17-18-29(51)22-34(52)43-30(19-24(2)3)38(54)48-36-28(9)59-42(58)32(21-26(6)7)45-37(53)31(20-25(4)5)44-40(56)35(27(8)50)47-39(55)33(23-49)46-41(36)57/h24-33,35-36,49-51H,10-23H2,1-9H3,(H,43,52)(H,44,56)(H,45,53)(H,46,57)(H,47,55)(H,48,54). The van der Waals surface area contributed by atoms with Crippen molar-refractivity contribution in [3.8, 4) is 0 Å². The number of hydrogen-bond donors (Lipinski definition) is 9. The van der Waals surface area contributed by atoms with E-state index in [4.69, 9.17) is 4.74 Å². The van der Waals surface area contributed by atoms with Crippen LogP contribution in [0.25, 0.3) is 0 Å². The molecular weight excluding hydrogens is 764 g/mol. The summed E-state index contributed by atoms with van der Waals surface area (Å²) >= 11 is 0. The highest BCUT2D eigenvalue weighted by molar-refractivity contribution is 5.97. The average molecular weight is 841 g/mol. The SMILES string of the molecule is CCCCCCCCCCC(O)CC(=O)NC(CC(C)C)C(=O)NC1C(=O)NC(CO)C(=O)NC(C(C)O)C(=O)NC(CC(C)C)C(=O)NC(CC(C)C)C(=O)OC1C. The second-order valence-corrected chi connectivity index (χ2v) is 17.4. The molecule has 1 heterocycles. The molecule has 0 spiro atoms. The van der Waals surface area contributed by atoms with Crippen LogP contribution in [0.5, 0.6) is 0 Å². The highest BCUT2D eigenvalue weighted by Gasteiger charge is 2.39. The number of esters is 1. The maximum atomic E-state index is 13.9. The lowest BCUT2D eigenvalue weighted by Gasteiger charge is -2.31. The van der Waals surface area contributed by atoms with Crippen LogP contribution in [0.3, 0.4) is 0 Å². The molecule has 9 N–H and O–H groups in total. The maximum Gasteiger partial charge on any atom is 0.328 e. The molecule has 1 rings (SSSR count). The highest BCUT2D eigenvalue weighted by Crippen LogP contribution is 2.15. The van der Waals surface area contributed by atoms with Gasteiger partial charge in [0.2, 0.25) is 35.4 Å². The Labute approximate surface area is 351 Å². The third-order valence-corrected chi connectivity index (χ3v) is 10.0. The van der Waals surface area contributed by atoms with Crippen LogP contribution in [0.1, 0.15) is 146 Å². The Morgan fingerprint density at radius 3 is 1.76 bits per heavy atom. The molecule has 0 aromatic carbocycles. The van der Waals surface area contributed by atoms with Gasteiger partial charge in [-0.2, -0.15) is 0 Å². The van der Waals surface area contributed by atoms with Gasteiger partial charge in [0.1, 0.15) is 42.4 Å². The number of carbonyl (C=O) groups excluding carboxylic acids is 7. The van der Waals surface area contributed by atoms with Gasteiger partial charge >= 0.3 is 5.97 Å². The summed E-state index contributed by atoms with van der Waals surface area (Å²) in [5, 5.41) is 46.3. The Morgan fingerprint density at radius 1 is 0.695 bits per heavy atom. The number of aliphatic hydroxyl groups excluding tert-OH is 3. The van der Waals surface area contributed by atoms with Crippen LogP contribution in [0.4, 0.5) is 0 Å². The molecule has 17 nitrogen and oxygen atoms in total. The summed E-state index contributed by atoms with van der Waals surface area (Å²) in [6.45, 7) is 14.7. The molecule has 0 saturated carbocycles. The van der Waals surface area contributed by atoms with Crippen LogP contribution in [-0.2, 0) is 38.3 Å². The molecule has 0 aromatic heterocycles. The normalized spacial score (nSPS) is 24.1. The minimum Gasteiger partial charge on any atom is -0.458 e. The molecule has 340 valence electrons. The number of hydrogen-bond acceptors (Lipinski definition) is 11. The second-order valence-electron chi connectivity index (χ2n) is 17.4. The van der Waals surface area contributed by atoms with Crippen molar-refractivity contribution >= 4 is 41.4 Å². The van der Waals surface area contributed by atoms with Crippen LogP contribution in [0, 0.1) is 17.8 Å². The molecule has 1 aliphatic rings. The lowest BCUT2D eigenvalue weighted by atomic mass is 9.99. The number of carbonyl (C=O) groups is 7. The number of ether oxygens (including phenoxy) is 1. The minimum absolute atomic E-state index is 0.106. The van der Waals surface area contributed by atoms with E-state index in [0.717, 1.165) is 25.7 Å². The van der Waals surface area contributed by atoms with Crippen molar-refractivity contribution in [1.29, 1.82) is 0 Å². The summed E-state index contributed by atoms with van der Waals surface area (Å²) < 4.78 is 5.72. The first-order valence-electron chi connectivity index (χ1n) is 21.7. The van der Waals surface area contributed by atoms with Crippen molar-refractivity contribution in [3.63, 3.8) is 0 Å². The van der Waals surface area contributed by atoms with Crippen molar-refractivity contribution in [3.05, 3.63) is 0 Å². The highest BCUT2D eigenvalue weighted by atomic mass is 16.5. The van der Waals surface area contributed by atoms with Gasteiger partial charge in [-0.1, -0.05) is 99.8 Å². The molecule has 1 fully saturated rings. The van der Waals surface area contributed by atoms with E-state index in [9.17, 15) is 48.9 Å². The number of amides is 6. The van der Waals surface area contributed by atoms with E-state index in [1.165, 1.54) is 39.5 Å². The lowest BCUT2D eigenvalue weighted by molar-refractivity contribution is -0.156. The number of rotatable bonds is 22. The summed E-state index contributed by atoms with van der Waals surface area (Å²) in [6, 6.07) is -8.63. The van der Waals surface area contributed by atoms with Gasteiger partial charge in [0.15, 0.2) is 0 Å². The smallest absolute Gasteiger partial charge is 0.328 e. The predicted octanol–water partition coefficient (Wildman–Crippen LogP) is 1.63. The summed E-state index contributed by atoms with van der Waals surface area (Å²) in [5.74, 6) is -6.47. The van der Waals surface area contributed by atoms with Gasteiger partial charge in [0.05, 0.1) is 25.2 Å². The fraction of sp³-hybridized carbons (Fsp3) is 0.833. The van der Waals surface area contributed by atoms with Crippen molar-refractivity contribution < 1.29 is 53.6 Å². The van der Waals surface area contributed by atoms with E-state index in [-0.39, 0.29) is 43.4 Å². The quantitative estimate of drug-likeness (QED) is 0.0559.